The summed E-state index contributed by atoms with van der Waals surface area (Å²) in [6, 6.07) is 5.61. The molecule has 0 saturated heterocycles. The zero-order valence-corrected chi connectivity index (χ0v) is 11.0. The van der Waals surface area contributed by atoms with E-state index in [-0.39, 0.29) is 5.82 Å². The fraction of sp³-hybridized carbons (Fsp3) is 0.600. The molecule has 0 spiro atoms. The van der Waals surface area contributed by atoms with Crippen LogP contribution in [-0.4, -0.2) is 6.04 Å². The Morgan fingerprint density at radius 1 is 1.22 bits per heavy atom. The number of rotatable bonds is 3. The smallest absolute Gasteiger partial charge is 0.129 e. The minimum absolute atomic E-state index is 0.191. The van der Waals surface area contributed by atoms with Crippen molar-refractivity contribution in [3.8, 4) is 0 Å². The normalized spacial score (nSPS) is 40.0. The monoisotopic (exact) mass is 265 g/mol. The maximum atomic E-state index is 13.7. The third-order valence-electron chi connectivity index (χ3n) is 5.28. The van der Waals surface area contributed by atoms with Gasteiger partial charge >= 0.3 is 0 Å². The van der Waals surface area contributed by atoms with Crippen LogP contribution in [0.5, 0.6) is 0 Å². The van der Waals surface area contributed by atoms with E-state index >= 15 is 0 Å². The first kappa shape index (κ1) is 11.2. The van der Waals surface area contributed by atoms with Crippen molar-refractivity contribution in [2.75, 3.05) is 0 Å². The minimum Gasteiger partial charge on any atom is -0.309 e. The van der Waals surface area contributed by atoms with Crippen LogP contribution < -0.4 is 5.32 Å². The van der Waals surface area contributed by atoms with Crippen LogP contribution in [0.3, 0.4) is 0 Å². The molecule has 4 rings (SSSR count). The van der Waals surface area contributed by atoms with Gasteiger partial charge in [0.2, 0.25) is 0 Å². The number of fused-ring (bicyclic) bond motifs is 5. The Labute approximate surface area is 112 Å². The molecule has 0 heterocycles. The molecule has 0 aromatic heterocycles. The molecular weight excluding hydrogens is 249 g/mol. The van der Waals surface area contributed by atoms with Gasteiger partial charge in [-0.05, 0) is 55.1 Å². The lowest BCUT2D eigenvalue weighted by atomic mass is 10.0. The zero-order valence-electron chi connectivity index (χ0n) is 10.2. The van der Waals surface area contributed by atoms with Gasteiger partial charge in [-0.25, -0.2) is 4.39 Å². The van der Waals surface area contributed by atoms with Crippen molar-refractivity contribution in [3.05, 3.63) is 34.6 Å². The molecule has 1 N–H and O–H groups in total. The molecule has 1 nitrogen and oxygen atoms in total. The SMILES string of the molecule is Fc1cc(Cl)ccc1CNC1C2C3CCC(C3)C12. The number of hydrogen-bond acceptors (Lipinski definition) is 1. The van der Waals surface area contributed by atoms with Crippen molar-refractivity contribution in [3.63, 3.8) is 0 Å². The summed E-state index contributed by atoms with van der Waals surface area (Å²) >= 11 is 5.76. The molecule has 0 amide bonds. The maximum Gasteiger partial charge on any atom is 0.129 e. The lowest BCUT2D eigenvalue weighted by Gasteiger charge is -2.11. The lowest BCUT2D eigenvalue weighted by Crippen LogP contribution is -2.23. The second-order valence-electron chi connectivity index (χ2n) is 6.13. The Kier molecular flexibility index (Phi) is 2.46. The Morgan fingerprint density at radius 3 is 2.61 bits per heavy atom. The lowest BCUT2D eigenvalue weighted by molar-refractivity contribution is 0.456. The first-order valence-electron chi connectivity index (χ1n) is 6.91. The highest BCUT2D eigenvalue weighted by Crippen LogP contribution is 2.65. The summed E-state index contributed by atoms with van der Waals surface area (Å²) < 4.78 is 13.7. The van der Waals surface area contributed by atoms with Gasteiger partial charge in [0.05, 0.1) is 0 Å². The van der Waals surface area contributed by atoms with Gasteiger partial charge in [0.25, 0.3) is 0 Å². The van der Waals surface area contributed by atoms with Crippen LogP contribution in [-0.2, 0) is 6.54 Å². The molecule has 3 saturated carbocycles. The van der Waals surface area contributed by atoms with Gasteiger partial charge in [-0.3, -0.25) is 0 Å². The summed E-state index contributed by atoms with van der Waals surface area (Å²) in [5.41, 5.74) is 0.733. The molecule has 0 aliphatic heterocycles. The van der Waals surface area contributed by atoms with Crippen LogP contribution in [0.4, 0.5) is 4.39 Å². The summed E-state index contributed by atoms with van der Waals surface area (Å²) in [6.45, 7) is 0.639. The third kappa shape index (κ3) is 1.62. The highest BCUT2D eigenvalue weighted by molar-refractivity contribution is 6.30. The molecule has 4 atom stereocenters. The van der Waals surface area contributed by atoms with Crippen molar-refractivity contribution < 1.29 is 4.39 Å². The quantitative estimate of drug-likeness (QED) is 0.880. The Bertz CT molecular complexity index is 473. The summed E-state index contributed by atoms with van der Waals surface area (Å²) in [7, 11) is 0. The van der Waals surface area contributed by atoms with Gasteiger partial charge in [0, 0.05) is 23.2 Å². The van der Waals surface area contributed by atoms with Gasteiger partial charge in [0.15, 0.2) is 0 Å². The summed E-state index contributed by atoms with van der Waals surface area (Å²) in [6.07, 6.45) is 4.32. The first-order valence-corrected chi connectivity index (χ1v) is 7.29. The molecule has 18 heavy (non-hydrogen) atoms. The molecule has 1 aromatic rings. The Morgan fingerprint density at radius 2 is 1.94 bits per heavy atom. The maximum absolute atomic E-state index is 13.7. The van der Waals surface area contributed by atoms with E-state index in [0.29, 0.717) is 17.6 Å². The minimum atomic E-state index is -0.191. The van der Waals surface area contributed by atoms with E-state index in [1.807, 2.05) is 0 Å². The van der Waals surface area contributed by atoms with Crippen molar-refractivity contribution in [1.82, 2.24) is 5.32 Å². The second kappa shape index (κ2) is 3.94. The van der Waals surface area contributed by atoms with Crippen molar-refractivity contribution in [2.24, 2.45) is 23.7 Å². The van der Waals surface area contributed by atoms with Crippen molar-refractivity contribution in [2.45, 2.75) is 31.8 Å². The van der Waals surface area contributed by atoms with Crippen LogP contribution >= 0.6 is 11.6 Å². The predicted octanol–water partition coefficient (Wildman–Crippen LogP) is 3.61. The van der Waals surface area contributed by atoms with E-state index in [2.05, 4.69) is 5.32 Å². The van der Waals surface area contributed by atoms with Crippen LogP contribution in [0.15, 0.2) is 18.2 Å². The van der Waals surface area contributed by atoms with Gasteiger partial charge in [0.1, 0.15) is 5.82 Å². The van der Waals surface area contributed by atoms with Gasteiger partial charge in [-0.1, -0.05) is 17.7 Å². The molecule has 3 fully saturated rings. The van der Waals surface area contributed by atoms with Crippen LogP contribution in [0, 0.1) is 29.5 Å². The van der Waals surface area contributed by atoms with Crippen LogP contribution in [0.25, 0.3) is 0 Å². The molecular formula is C15H17ClFN. The van der Waals surface area contributed by atoms with Crippen molar-refractivity contribution in [1.29, 1.82) is 0 Å². The predicted molar refractivity (Wildman–Crippen MR) is 69.8 cm³/mol. The highest BCUT2D eigenvalue weighted by Gasteiger charge is 2.64. The molecule has 3 aliphatic carbocycles. The zero-order chi connectivity index (χ0) is 12.3. The molecule has 96 valence electrons. The van der Waals surface area contributed by atoms with E-state index in [4.69, 9.17) is 11.6 Å². The van der Waals surface area contributed by atoms with E-state index in [9.17, 15) is 4.39 Å². The van der Waals surface area contributed by atoms with Gasteiger partial charge in [-0.2, -0.15) is 0 Å². The van der Waals surface area contributed by atoms with E-state index < -0.39 is 0 Å². The summed E-state index contributed by atoms with van der Waals surface area (Å²) in [5.74, 6) is 3.54. The van der Waals surface area contributed by atoms with Crippen LogP contribution in [0.1, 0.15) is 24.8 Å². The Hall–Kier alpha value is -0.600. The molecule has 0 radical (unpaired) electrons. The second-order valence-corrected chi connectivity index (χ2v) is 6.57. The topological polar surface area (TPSA) is 12.0 Å². The molecule has 2 bridgehead atoms. The fourth-order valence-electron chi connectivity index (χ4n) is 4.49. The number of nitrogens with one attached hydrogen (secondary N) is 1. The summed E-state index contributed by atoms with van der Waals surface area (Å²) in [4.78, 5) is 0. The fourth-order valence-corrected chi connectivity index (χ4v) is 4.65. The summed E-state index contributed by atoms with van der Waals surface area (Å²) in [5, 5.41) is 4.02. The highest BCUT2D eigenvalue weighted by atomic mass is 35.5. The van der Waals surface area contributed by atoms with Gasteiger partial charge in [-0.15, -0.1) is 0 Å². The number of halogens is 2. The Balaban J connectivity index is 1.40. The molecule has 3 aliphatic rings. The number of hydrogen-bond donors (Lipinski definition) is 1. The van der Waals surface area contributed by atoms with E-state index in [1.54, 1.807) is 12.1 Å². The van der Waals surface area contributed by atoms with Crippen LogP contribution in [0.2, 0.25) is 5.02 Å². The van der Waals surface area contributed by atoms with Crippen molar-refractivity contribution >= 4 is 11.6 Å². The average molecular weight is 266 g/mol. The van der Waals surface area contributed by atoms with E-state index in [0.717, 1.165) is 29.2 Å². The largest absolute Gasteiger partial charge is 0.309 e. The average Bonchev–Trinajstić information content (AvgIpc) is 2.75. The standard InChI is InChI=1S/C15H17ClFN/c16-11-4-3-10(12(17)6-11)7-18-15-13-8-1-2-9(5-8)14(13)15/h3-4,6,8-9,13-15,18H,1-2,5,7H2. The molecule has 1 aromatic carbocycles. The first-order chi connectivity index (χ1) is 8.74. The molecule has 4 unspecified atom stereocenters. The van der Waals surface area contributed by atoms with Gasteiger partial charge < -0.3 is 5.32 Å². The number of benzene rings is 1. The molecule has 3 heteroatoms. The third-order valence-corrected chi connectivity index (χ3v) is 5.51. The van der Waals surface area contributed by atoms with E-state index in [1.165, 1.54) is 25.3 Å².